The van der Waals surface area contributed by atoms with Crippen molar-refractivity contribution in [3.05, 3.63) is 47.0 Å². The van der Waals surface area contributed by atoms with Gasteiger partial charge in [-0.05, 0) is 68.6 Å². The zero-order chi connectivity index (χ0) is 21.5. The third-order valence-electron chi connectivity index (χ3n) is 7.49. The predicted octanol–water partition coefficient (Wildman–Crippen LogP) is 3.52. The smallest absolute Gasteiger partial charge is 0.150 e. The van der Waals surface area contributed by atoms with Crippen LogP contribution in [0.2, 0.25) is 0 Å². The van der Waals surface area contributed by atoms with Crippen LogP contribution in [0.5, 0.6) is 0 Å². The molecule has 2 aromatic heterocycles. The molecule has 0 radical (unpaired) electrons. The van der Waals surface area contributed by atoms with Crippen molar-refractivity contribution in [3.63, 3.8) is 0 Å². The molecule has 3 aliphatic rings. The first kappa shape index (κ1) is 20.1. The van der Waals surface area contributed by atoms with E-state index >= 15 is 0 Å². The van der Waals surface area contributed by atoms with Gasteiger partial charge in [0.05, 0.1) is 11.7 Å². The summed E-state index contributed by atoms with van der Waals surface area (Å²) in [6.45, 7) is 7.17. The summed E-state index contributed by atoms with van der Waals surface area (Å²) < 4.78 is 8.15. The van der Waals surface area contributed by atoms with Crippen LogP contribution in [0.3, 0.4) is 0 Å². The van der Waals surface area contributed by atoms with E-state index in [-0.39, 0.29) is 6.23 Å². The van der Waals surface area contributed by atoms with Gasteiger partial charge in [-0.2, -0.15) is 5.10 Å². The summed E-state index contributed by atoms with van der Waals surface area (Å²) in [4.78, 5) is 11.9. The summed E-state index contributed by atoms with van der Waals surface area (Å²) in [5.74, 6) is 1.62. The van der Waals surface area contributed by atoms with Gasteiger partial charge in [0, 0.05) is 49.4 Å². The van der Waals surface area contributed by atoms with Gasteiger partial charge in [0.2, 0.25) is 0 Å². The Morgan fingerprint density at radius 2 is 2.00 bits per heavy atom. The predicted molar refractivity (Wildman–Crippen MR) is 125 cm³/mol. The van der Waals surface area contributed by atoms with Gasteiger partial charge in [-0.1, -0.05) is 6.07 Å². The lowest BCUT2D eigenvalue weighted by Crippen LogP contribution is -2.44. The standard InChI is InChI=1S/C25H32N6O/c1-17-5-8-22-20(15-29-31(22)23-4-2-3-13-32-23)24(17)18-6-7-19-21(14-18)27-16-28-25(19)30-11-9-26-10-12-30/h5,8,15-16,18,23,26H,2-4,6-7,9-14H2,1H3. The van der Waals surface area contributed by atoms with E-state index in [4.69, 9.17) is 19.8 Å². The van der Waals surface area contributed by atoms with Gasteiger partial charge >= 0.3 is 0 Å². The highest BCUT2D eigenvalue weighted by molar-refractivity contribution is 5.84. The second-order valence-corrected chi connectivity index (χ2v) is 9.44. The number of nitrogens with zero attached hydrogens (tertiary/aromatic N) is 5. The third-order valence-corrected chi connectivity index (χ3v) is 7.49. The number of rotatable bonds is 3. The summed E-state index contributed by atoms with van der Waals surface area (Å²) in [5.41, 5.74) is 6.59. The van der Waals surface area contributed by atoms with Gasteiger partial charge in [-0.3, -0.25) is 0 Å². The Kier molecular flexibility index (Phi) is 5.31. The van der Waals surface area contributed by atoms with Crippen LogP contribution in [0.15, 0.2) is 24.7 Å². The van der Waals surface area contributed by atoms with Crippen molar-refractivity contribution >= 4 is 16.7 Å². The van der Waals surface area contributed by atoms with Crippen LogP contribution in [0.25, 0.3) is 10.9 Å². The highest BCUT2D eigenvalue weighted by atomic mass is 16.5. The largest absolute Gasteiger partial charge is 0.356 e. The molecule has 0 spiro atoms. The lowest BCUT2D eigenvalue weighted by atomic mass is 9.79. The van der Waals surface area contributed by atoms with Gasteiger partial charge in [0.25, 0.3) is 0 Å². The number of aryl methyl sites for hydroxylation is 1. The second kappa shape index (κ2) is 8.45. The average Bonchev–Trinajstić information content (AvgIpc) is 3.28. The highest BCUT2D eigenvalue weighted by Crippen LogP contribution is 2.40. The minimum atomic E-state index is 0.0678. The Hall–Kier alpha value is -2.51. The number of nitrogens with one attached hydrogen (secondary N) is 1. The molecule has 168 valence electrons. The van der Waals surface area contributed by atoms with Crippen molar-refractivity contribution in [2.75, 3.05) is 37.7 Å². The minimum absolute atomic E-state index is 0.0678. The van der Waals surface area contributed by atoms with E-state index in [2.05, 4.69) is 40.2 Å². The first-order valence-electron chi connectivity index (χ1n) is 12.2. The topological polar surface area (TPSA) is 68.1 Å². The van der Waals surface area contributed by atoms with Gasteiger partial charge < -0.3 is 15.0 Å². The summed E-state index contributed by atoms with van der Waals surface area (Å²) in [5, 5.41) is 9.51. The zero-order valence-electron chi connectivity index (χ0n) is 18.9. The van der Waals surface area contributed by atoms with Crippen molar-refractivity contribution in [1.82, 2.24) is 25.1 Å². The number of hydrogen-bond acceptors (Lipinski definition) is 6. The lowest BCUT2D eigenvalue weighted by Gasteiger charge is -2.33. The molecular weight excluding hydrogens is 400 g/mol. The monoisotopic (exact) mass is 432 g/mol. The van der Waals surface area contributed by atoms with Crippen LogP contribution in [-0.4, -0.2) is 52.5 Å². The third kappa shape index (κ3) is 3.48. The van der Waals surface area contributed by atoms with Crippen LogP contribution in [0, 0.1) is 6.92 Å². The molecular formula is C25H32N6O. The van der Waals surface area contributed by atoms with Gasteiger partial charge in [0.15, 0.2) is 6.23 Å². The van der Waals surface area contributed by atoms with Crippen molar-refractivity contribution in [2.45, 2.75) is 57.6 Å². The van der Waals surface area contributed by atoms with Crippen molar-refractivity contribution < 1.29 is 4.74 Å². The fourth-order valence-corrected chi connectivity index (χ4v) is 5.86. The molecule has 2 aliphatic heterocycles. The molecule has 6 rings (SSSR count). The maximum atomic E-state index is 6.04. The van der Waals surface area contributed by atoms with Crippen molar-refractivity contribution in [2.24, 2.45) is 0 Å². The molecule has 2 atom stereocenters. The van der Waals surface area contributed by atoms with Crippen LogP contribution >= 0.6 is 0 Å². The van der Waals surface area contributed by atoms with E-state index in [1.54, 1.807) is 6.33 Å². The number of ether oxygens (including phenoxy) is 1. The normalized spacial score (nSPS) is 24.0. The first-order chi connectivity index (χ1) is 15.8. The van der Waals surface area contributed by atoms with E-state index < -0.39 is 0 Å². The lowest BCUT2D eigenvalue weighted by molar-refractivity contribution is -0.0366. The summed E-state index contributed by atoms with van der Waals surface area (Å²) in [6.07, 6.45) is 10.4. The summed E-state index contributed by atoms with van der Waals surface area (Å²) in [6, 6.07) is 4.49. The average molecular weight is 433 g/mol. The molecule has 1 N–H and O–H groups in total. The molecule has 0 amide bonds. The molecule has 2 saturated heterocycles. The van der Waals surface area contributed by atoms with Crippen LogP contribution in [-0.2, 0) is 17.6 Å². The zero-order valence-corrected chi connectivity index (χ0v) is 18.9. The number of hydrogen-bond donors (Lipinski definition) is 1. The molecule has 0 bridgehead atoms. The minimum Gasteiger partial charge on any atom is -0.356 e. The fourth-order valence-electron chi connectivity index (χ4n) is 5.86. The van der Waals surface area contributed by atoms with Gasteiger partial charge in [0.1, 0.15) is 12.1 Å². The van der Waals surface area contributed by atoms with E-state index in [1.807, 2.05) is 0 Å². The number of fused-ring (bicyclic) bond motifs is 2. The quantitative estimate of drug-likeness (QED) is 0.683. The fraction of sp³-hybridized carbons (Fsp3) is 0.560. The van der Waals surface area contributed by atoms with Crippen LogP contribution < -0.4 is 10.2 Å². The first-order valence-corrected chi connectivity index (χ1v) is 12.2. The Morgan fingerprint density at radius 3 is 2.84 bits per heavy atom. The Bertz CT molecular complexity index is 1110. The molecule has 2 unspecified atom stereocenters. The van der Waals surface area contributed by atoms with Crippen LogP contribution in [0.1, 0.15) is 60.2 Å². The Labute approximate surface area is 189 Å². The number of aromatic nitrogens is 4. The van der Waals surface area contributed by atoms with E-state index in [0.717, 1.165) is 70.7 Å². The molecule has 1 aliphatic carbocycles. The van der Waals surface area contributed by atoms with E-state index in [0.29, 0.717) is 5.92 Å². The molecule has 7 heteroatoms. The number of anilines is 1. The van der Waals surface area contributed by atoms with Gasteiger partial charge in [-0.25, -0.2) is 14.6 Å². The number of benzene rings is 1. The summed E-state index contributed by atoms with van der Waals surface area (Å²) in [7, 11) is 0. The maximum absolute atomic E-state index is 6.04. The van der Waals surface area contributed by atoms with Crippen LogP contribution in [0.4, 0.5) is 5.82 Å². The Morgan fingerprint density at radius 1 is 1.09 bits per heavy atom. The molecule has 3 aromatic rings. The molecule has 7 nitrogen and oxygen atoms in total. The molecule has 2 fully saturated rings. The van der Waals surface area contributed by atoms with Gasteiger partial charge in [-0.15, -0.1) is 0 Å². The Balaban J connectivity index is 1.33. The number of piperazine rings is 1. The van der Waals surface area contributed by atoms with E-state index in [1.165, 1.54) is 39.7 Å². The van der Waals surface area contributed by atoms with Crippen molar-refractivity contribution in [3.8, 4) is 0 Å². The molecule has 4 heterocycles. The SMILES string of the molecule is Cc1ccc2c(cnn2C2CCCCO2)c1C1CCc2c(ncnc2N2CCNCC2)C1. The maximum Gasteiger partial charge on any atom is 0.150 e. The molecule has 0 saturated carbocycles. The van der Waals surface area contributed by atoms with Crippen molar-refractivity contribution in [1.29, 1.82) is 0 Å². The molecule has 1 aromatic carbocycles. The molecule has 32 heavy (non-hydrogen) atoms. The van der Waals surface area contributed by atoms with E-state index in [9.17, 15) is 0 Å². The highest BCUT2D eigenvalue weighted by Gasteiger charge is 2.29. The summed E-state index contributed by atoms with van der Waals surface area (Å²) >= 11 is 0. The second-order valence-electron chi connectivity index (χ2n) is 9.44.